The minimum atomic E-state index is -1.21. The van der Waals surface area contributed by atoms with Crippen LogP contribution in [-0.4, -0.2) is 24.3 Å². The molecule has 0 spiro atoms. The van der Waals surface area contributed by atoms with E-state index in [4.69, 9.17) is 15.1 Å². The van der Waals surface area contributed by atoms with Crippen molar-refractivity contribution in [3.05, 3.63) is 11.1 Å². The molecule has 1 N–H and O–H groups in total. The van der Waals surface area contributed by atoms with Crippen molar-refractivity contribution in [3.63, 3.8) is 0 Å². The topological polar surface area (TPSA) is 70.3 Å². The van der Waals surface area contributed by atoms with Gasteiger partial charge < -0.3 is 9.84 Å². The summed E-state index contributed by atoms with van der Waals surface area (Å²) in [5.41, 5.74) is 0.192. The van der Waals surface area contributed by atoms with Crippen molar-refractivity contribution in [3.8, 4) is 6.07 Å². The Morgan fingerprint density at radius 1 is 1.67 bits per heavy atom. The van der Waals surface area contributed by atoms with Gasteiger partial charge in [-0.25, -0.2) is 4.79 Å². The summed E-state index contributed by atoms with van der Waals surface area (Å²) in [6.07, 6.45) is -0.337. The number of nitrogens with zero attached hydrogens (tertiary/aromatic N) is 1. The molecular weight excluding hydrogens is 158 g/mol. The van der Waals surface area contributed by atoms with Gasteiger partial charge in [-0.15, -0.1) is 0 Å². The van der Waals surface area contributed by atoms with Gasteiger partial charge in [-0.1, -0.05) is 0 Å². The number of carboxylic acids is 1. The molecule has 0 heterocycles. The Kier molecular flexibility index (Phi) is 4.02. The molecule has 0 amide bonds. The molecule has 4 nitrogen and oxygen atoms in total. The highest BCUT2D eigenvalue weighted by Crippen LogP contribution is 2.10. The van der Waals surface area contributed by atoms with Crippen LogP contribution in [0.5, 0.6) is 0 Å². The Bertz CT molecular complexity index is 250. The van der Waals surface area contributed by atoms with Crippen LogP contribution in [0.4, 0.5) is 0 Å². The van der Waals surface area contributed by atoms with Crippen LogP contribution in [0.1, 0.15) is 13.8 Å². The summed E-state index contributed by atoms with van der Waals surface area (Å²) < 4.78 is 4.87. The number of rotatable bonds is 3. The minimum Gasteiger partial charge on any atom is -0.477 e. The van der Waals surface area contributed by atoms with Gasteiger partial charge >= 0.3 is 5.97 Å². The number of nitriles is 1. The van der Waals surface area contributed by atoms with Crippen LogP contribution in [0.25, 0.3) is 0 Å². The van der Waals surface area contributed by atoms with Crippen molar-refractivity contribution < 1.29 is 14.6 Å². The maximum absolute atomic E-state index is 10.5. The Morgan fingerprint density at radius 2 is 2.17 bits per heavy atom. The molecule has 1 atom stereocenters. The van der Waals surface area contributed by atoms with E-state index < -0.39 is 5.97 Å². The molecule has 0 aliphatic carbocycles. The number of hydrogen-bond donors (Lipinski definition) is 1. The first kappa shape index (κ1) is 10.7. The Balaban J connectivity index is 4.88. The van der Waals surface area contributed by atoms with Crippen LogP contribution in [0.2, 0.25) is 0 Å². The molecule has 66 valence electrons. The number of ether oxygens (including phenoxy) is 1. The fourth-order valence-electron chi connectivity index (χ4n) is 0.685. The lowest BCUT2D eigenvalue weighted by Gasteiger charge is -2.09. The molecule has 0 rings (SSSR count). The van der Waals surface area contributed by atoms with Crippen molar-refractivity contribution in [1.29, 1.82) is 5.26 Å². The number of aliphatic carboxylic acids is 1. The highest BCUT2D eigenvalue weighted by molar-refractivity contribution is 5.92. The summed E-state index contributed by atoms with van der Waals surface area (Å²) >= 11 is 0. The summed E-state index contributed by atoms with van der Waals surface area (Å²) in [7, 11) is 1.46. The van der Waals surface area contributed by atoms with Crippen molar-refractivity contribution >= 4 is 5.97 Å². The van der Waals surface area contributed by atoms with E-state index in [1.54, 1.807) is 19.9 Å². The predicted molar refractivity (Wildman–Crippen MR) is 42.4 cm³/mol. The zero-order valence-corrected chi connectivity index (χ0v) is 7.29. The normalized spacial score (nSPS) is 14.5. The summed E-state index contributed by atoms with van der Waals surface area (Å²) in [6.45, 7) is 3.26. The van der Waals surface area contributed by atoms with Gasteiger partial charge in [0, 0.05) is 7.11 Å². The average Bonchev–Trinajstić information content (AvgIpc) is 2.03. The minimum absolute atomic E-state index is 0.246. The van der Waals surface area contributed by atoms with Gasteiger partial charge in [-0.05, 0) is 19.4 Å². The summed E-state index contributed by atoms with van der Waals surface area (Å²) in [4.78, 5) is 10.5. The molecule has 0 fully saturated rings. The van der Waals surface area contributed by atoms with Crippen LogP contribution in [-0.2, 0) is 9.53 Å². The second kappa shape index (κ2) is 4.52. The molecule has 0 aromatic heterocycles. The van der Waals surface area contributed by atoms with E-state index in [-0.39, 0.29) is 11.7 Å². The smallest absolute Gasteiger partial charge is 0.346 e. The second-order valence-corrected chi connectivity index (χ2v) is 2.35. The van der Waals surface area contributed by atoms with Crippen LogP contribution in [0.15, 0.2) is 11.1 Å². The molecule has 0 aliphatic heterocycles. The molecular formula is C8H11NO3. The summed E-state index contributed by atoms with van der Waals surface area (Å²) in [5.74, 6) is -1.21. The predicted octanol–water partition coefficient (Wildman–Crippen LogP) is 0.946. The summed E-state index contributed by atoms with van der Waals surface area (Å²) in [6, 6.07) is 1.62. The number of carbonyl (C=O) groups is 1. The van der Waals surface area contributed by atoms with Crippen LogP contribution >= 0.6 is 0 Å². The van der Waals surface area contributed by atoms with Gasteiger partial charge in [0.25, 0.3) is 0 Å². The lowest BCUT2D eigenvalue weighted by atomic mass is 10.1. The van der Waals surface area contributed by atoms with Crippen LogP contribution in [0.3, 0.4) is 0 Å². The first-order valence-electron chi connectivity index (χ1n) is 3.41. The van der Waals surface area contributed by atoms with Crippen molar-refractivity contribution in [2.24, 2.45) is 0 Å². The van der Waals surface area contributed by atoms with Gasteiger partial charge in [0.15, 0.2) is 0 Å². The van der Waals surface area contributed by atoms with Gasteiger partial charge in [0.1, 0.15) is 11.6 Å². The maximum Gasteiger partial charge on any atom is 0.346 e. The number of hydrogen-bond acceptors (Lipinski definition) is 3. The zero-order chi connectivity index (χ0) is 9.72. The SMILES string of the molecule is COC(C)/C(C)=C(/C#N)C(=O)O. The van der Waals surface area contributed by atoms with Gasteiger partial charge in [-0.3, -0.25) is 0 Å². The largest absolute Gasteiger partial charge is 0.477 e. The third-order valence-corrected chi connectivity index (χ3v) is 1.68. The molecule has 4 heteroatoms. The second-order valence-electron chi connectivity index (χ2n) is 2.35. The fraction of sp³-hybridized carbons (Fsp3) is 0.500. The molecule has 0 bridgehead atoms. The first-order valence-corrected chi connectivity index (χ1v) is 3.41. The summed E-state index contributed by atoms with van der Waals surface area (Å²) in [5, 5.41) is 17.0. The van der Waals surface area contributed by atoms with Crippen LogP contribution in [0, 0.1) is 11.3 Å². The van der Waals surface area contributed by atoms with Crippen molar-refractivity contribution in [1.82, 2.24) is 0 Å². The molecule has 0 saturated carbocycles. The van der Waals surface area contributed by atoms with E-state index in [0.717, 1.165) is 0 Å². The molecule has 12 heavy (non-hydrogen) atoms. The number of carboxylic acid groups (broad SMARTS) is 1. The zero-order valence-electron chi connectivity index (χ0n) is 7.29. The average molecular weight is 169 g/mol. The Labute approximate surface area is 71.1 Å². The van der Waals surface area contributed by atoms with Crippen molar-refractivity contribution in [2.45, 2.75) is 20.0 Å². The highest BCUT2D eigenvalue weighted by Gasteiger charge is 2.14. The van der Waals surface area contributed by atoms with E-state index in [9.17, 15) is 4.79 Å². The molecule has 0 aromatic rings. The molecule has 0 aromatic carbocycles. The third kappa shape index (κ3) is 2.36. The van der Waals surface area contributed by atoms with Crippen LogP contribution < -0.4 is 0 Å². The quantitative estimate of drug-likeness (QED) is 0.504. The number of methoxy groups -OCH3 is 1. The maximum atomic E-state index is 10.5. The van der Waals surface area contributed by atoms with E-state index in [1.165, 1.54) is 7.11 Å². The van der Waals surface area contributed by atoms with E-state index in [1.807, 2.05) is 0 Å². The monoisotopic (exact) mass is 169 g/mol. The van der Waals surface area contributed by atoms with Gasteiger partial charge in [0.05, 0.1) is 6.10 Å². The highest BCUT2D eigenvalue weighted by atomic mass is 16.5. The third-order valence-electron chi connectivity index (χ3n) is 1.68. The van der Waals surface area contributed by atoms with E-state index in [0.29, 0.717) is 5.57 Å². The molecule has 0 aliphatic rings. The van der Waals surface area contributed by atoms with E-state index >= 15 is 0 Å². The fourth-order valence-corrected chi connectivity index (χ4v) is 0.685. The standard InChI is InChI=1S/C8H11NO3/c1-5(6(2)12-3)7(4-9)8(10)11/h6H,1-3H3,(H,10,11)/b7-5-. The van der Waals surface area contributed by atoms with E-state index in [2.05, 4.69) is 0 Å². The van der Waals surface area contributed by atoms with Crippen molar-refractivity contribution in [2.75, 3.05) is 7.11 Å². The lowest BCUT2D eigenvalue weighted by Crippen LogP contribution is -2.12. The van der Waals surface area contributed by atoms with Gasteiger partial charge in [-0.2, -0.15) is 5.26 Å². The molecule has 0 radical (unpaired) electrons. The molecule has 0 saturated heterocycles. The lowest BCUT2D eigenvalue weighted by molar-refractivity contribution is -0.132. The molecule has 1 unspecified atom stereocenters. The Morgan fingerprint density at radius 3 is 2.42 bits per heavy atom. The van der Waals surface area contributed by atoms with Gasteiger partial charge in [0.2, 0.25) is 0 Å². The first-order chi connectivity index (χ1) is 5.54. The Hall–Kier alpha value is -1.34.